The van der Waals surface area contributed by atoms with Crippen LogP contribution in [0.15, 0.2) is 73.3 Å². The average Bonchev–Trinajstić information content (AvgIpc) is 2.78. The van der Waals surface area contributed by atoms with Gasteiger partial charge in [0.2, 0.25) is 0 Å². The van der Waals surface area contributed by atoms with Gasteiger partial charge in [-0.1, -0.05) is 0 Å². The molecule has 0 atom stereocenters. The standard InChI is InChI=1S/C20H19FIN2O/c1-13(2)14-7-3-4-8-15(14)17-11-19(22-12-20(23)24-17)25-18-10-6-5-9-16(18)21/h3-13H,23H2,1-2H3/q-1. The molecule has 0 fully saturated rings. The zero-order chi connectivity index (χ0) is 17.8. The number of aliphatic imine (C=N–C) groups is 1. The second-order valence-corrected chi connectivity index (χ2v) is 8.17. The summed E-state index contributed by atoms with van der Waals surface area (Å²) in [7, 11) is 0. The van der Waals surface area contributed by atoms with E-state index in [1.54, 1.807) is 18.2 Å². The van der Waals surface area contributed by atoms with E-state index in [9.17, 15) is 4.39 Å². The maximum atomic E-state index is 13.9. The molecule has 0 aliphatic carbocycles. The van der Waals surface area contributed by atoms with Crippen LogP contribution in [0.4, 0.5) is 4.39 Å². The summed E-state index contributed by atoms with van der Waals surface area (Å²) in [5, 5.41) is 0. The second kappa shape index (κ2) is 7.82. The van der Waals surface area contributed by atoms with Crippen LogP contribution in [-0.4, -0.2) is 5.71 Å². The Morgan fingerprint density at radius 2 is 1.80 bits per heavy atom. The summed E-state index contributed by atoms with van der Waals surface area (Å²) >= 11 is -0.632. The molecule has 0 radical (unpaired) electrons. The molecule has 0 bridgehead atoms. The van der Waals surface area contributed by atoms with Crippen LogP contribution >= 0.6 is 0 Å². The van der Waals surface area contributed by atoms with E-state index < -0.39 is 21.2 Å². The topological polar surface area (TPSA) is 47.6 Å². The molecule has 2 aromatic rings. The number of ether oxygens (including phenoxy) is 1. The van der Waals surface area contributed by atoms with Crippen molar-refractivity contribution in [2.45, 2.75) is 19.8 Å². The van der Waals surface area contributed by atoms with Crippen LogP contribution in [0.1, 0.15) is 30.9 Å². The van der Waals surface area contributed by atoms with Crippen LogP contribution in [0.5, 0.6) is 5.75 Å². The second-order valence-electron chi connectivity index (χ2n) is 5.86. The van der Waals surface area contributed by atoms with Gasteiger partial charge in [0.25, 0.3) is 0 Å². The van der Waals surface area contributed by atoms with Crippen molar-refractivity contribution in [3.8, 4) is 5.75 Å². The Bertz CT molecular complexity index is 872. The van der Waals surface area contributed by atoms with E-state index in [-0.39, 0.29) is 11.6 Å². The molecule has 25 heavy (non-hydrogen) atoms. The van der Waals surface area contributed by atoms with Crippen molar-refractivity contribution in [3.63, 3.8) is 0 Å². The molecule has 0 aromatic heterocycles. The summed E-state index contributed by atoms with van der Waals surface area (Å²) in [5.74, 6) is 0.671. The first kappa shape index (κ1) is 17.7. The molecule has 0 unspecified atom stereocenters. The van der Waals surface area contributed by atoms with Crippen molar-refractivity contribution in [2.75, 3.05) is 0 Å². The molecule has 1 aliphatic heterocycles. The summed E-state index contributed by atoms with van der Waals surface area (Å²) in [6.07, 6.45) is 1.89. The minimum absolute atomic E-state index is 0.221. The third-order valence-electron chi connectivity index (χ3n) is 3.68. The van der Waals surface area contributed by atoms with Crippen LogP contribution in [0.25, 0.3) is 0 Å². The van der Waals surface area contributed by atoms with Crippen LogP contribution in [0, 0.1) is 5.82 Å². The number of nitrogens with zero attached hydrogens (tertiary/aromatic N) is 1. The molecular formula is C20H19FIN2O-. The van der Waals surface area contributed by atoms with Crippen molar-refractivity contribution in [1.29, 1.82) is 0 Å². The Hall–Kier alpha value is -2.15. The summed E-state index contributed by atoms with van der Waals surface area (Å²) in [5.41, 5.74) is 8.98. The minimum atomic E-state index is -0.632. The van der Waals surface area contributed by atoms with Crippen LogP contribution in [-0.2, 0) is 0 Å². The molecule has 3 nitrogen and oxygen atoms in total. The van der Waals surface area contributed by atoms with Gasteiger partial charge in [0.15, 0.2) is 0 Å². The zero-order valence-corrected chi connectivity index (χ0v) is 16.2. The third-order valence-corrected chi connectivity index (χ3v) is 5.77. The molecule has 0 saturated carbocycles. The number of para-hydroxylation sites is 1. The van der Waals surface area contributed by atoms with Crippen LogP contribution in [0.2, 0.25) is 0 Å². The molecule has 0 amide bonds. The van der Waals surface area contributed by atoms with E-state index in [1.807, 2.05) is 28.4 Å². The van der Waals surface area contributed by atoms with E-state index in [4.69, 9.17) is 10.5 Å². The number of nitrogens with two attached hydrogens (primary N) is 1. The monoisotopic (exact) mass is 449 g/mol. The summed E-state index contributed by atoms with van der Waals surface area (Å²) < 4.78 is 22.3. The molecule has 130 valence electrons. The number of halogens is 2. The van der Waals surface area contributed by atoms with Gasteiger partial charge in [-0.05, 0) is 0 Å². The van der Waals surface area contributed by atoms with Gasteiger partial charge in [-0.15, -0.1) is 0 Å². The predicted octanol–water partition coefficient (Wildman–Crippen LogP) is 1.52. The molecular weight excluding hydrogens is 430 g/mol. The predicted molar refractivity (Wildman–Crippen MR) is 94.4 cm³/mol. The number of hydrogen-bond donors (Lipinski definition) is 1. The van der Waals surface area contributed by atoms with Gasteiger partial charge in [0, 0.05) is 0 Å². The fourth-order valence-corrected chi connectivity index (χ4v) is 4.10. The number of benzene rings is 2. The Balaban J connectivity index is 2.01. The van der Waals surface area contributed by atoms with E-state index in [1.165, 1.54) is 11.6 Å². The molecule has 2 aromatic carbocycles. The Morgan fingerprint density at radius 3 is 2.56 bits per heavy atom. The average molecular weight is 449 g/mol. The van der Waals surface area contributed by atoms with E-state index in [0.29, 0.717) is 15.5 Å². The molecule has 0 spiro atoms. The SMILES string of the molecule is CC(C)c1ccccc1C1=NC(N)=C[I-]C(Oc2ccccc2F)=C1. The number of allylic oxidation sites excluding steroid dienone is 1. The summed E-state index contributed by atoms with van der Waals surface area (Å²) in [6, 6.07) is 14.5. The fourth-order valence-electron chi connectivity index (χ4n) is 2.50. The van der Waals surface area contributed by atoms with Crippen LogP contribution < -0.4 is 31.7 Å². The fraction of sp³-hybridized carbons (Fsp3) is 0.150. The van der Waals surface area contributed by atoms with E-state index >= 15 is 0 Å². The summed E-state index contributed by atoms with van der Waals surface area (Å²) in [6.45, 7) is 4.28. The quantitative estimate of drug-likeness (QED) is 0.720. The van der Waals surface area contributed by atoms with Crippen molar-refractivity contribution in [1.82, 2.24) is 0 Å². The zero-order valence-electron chi connectivity index (χ0n) is 14.0. The van der Waals surface area contributed by atoms with Gasteiger partial charge in [-0.2, -0.15) is 0 Å². The normalized spacial score (nSPS) is 14.8. The van der Waals surface area contributed by atoms with E-state index in [0.717, 1.165) is 11.3 Å². The first-order valence-corrected chi connectivity index (χ1v) is 10.3. The van der Waals surface area contributed by atoms with Gasteiger partial charge in [-0.25, -0.2) is 0 Å². The van der Waals surface area contributed by atoms with Crippen molar-refractivity contribution in [3.05, 3.63) is 85.2 Å². The molecule has 1 aliphatic rings. The van der Waals surface area contributed by atoms with Crippen LogP contribution in [0.3, 0.4) is 0 Å². The van der Waals surface area contributed by atoms with E-state index in [2.05, 4.69) is 24.9 Å². The molecule has 3 rings (SSSR count). The van der Waals surface area contributed by atoms with Crippen molar-refractivity contribution >= 4 is 5.71 Å². The molecule has 2 N–H and O–H groups in total. The number of rotatable bonds is 4. The maximum absolute atomic E-state index is 13.9. The Morgan fingerprint density at radius 1 is 1.08 bits per heavy atom. The number of hydrogen-bond acceptors (Lipinski definition) is 3. The van der Waals surface area contributed by atoms with Crippen molar-refractivity contribution in [2.24, 2.45) is 10.7 Å². The molecule has 0 saturated heterocycles. The third kappa shape index (κ3) is 4.28. The van der Waals surface area contributed by atoms with Gasteiger partial charge < -0.3 is 0 Å². The molecule has 5 heteroatoms. The summed E-state index contributed by atoms with van der Waals surface area (Å²) in [4.78, 5) is 4.54. The Kier molecular flexibility index (Phi) is 5.53. The van der Waals surface area contributed by atoms with Gasteiger partial charge in [0.05, 0.1) is 0 Å². The Labute approximate surface area is 157 Å². The van der Waals surface area contributed by atoms with Gasteiger partial charge in [0.1, 0.15) is 0 Å². The first-order chi connectivity index (χ1) is 12.0. The molecule has 1 heterocycles. The van der Waals surface area contributed by atoms with Gasteiger partial charge in [-0.3, -0.25) is 0 Å². The van der Waals surface area contributed by atoms with Gasteiger partial charge >= 0.3 is 158 Å². The van der Waals surface area contributed by atoms with Crippen molar-refractivity contribution < 1.29 is 30.3 Å². The first-order valence-electron chi connectivity index (χ1n) is 7.95.